The van der Waals surface area contributed by atoms with Crippen molar-refractivity contribution in [2.75, 3.05) is 14.1 Å². The van der Waals surface area contributed by atoms with E-state index in [1.54, 1.807) is 0 Å². The molecule has 3 heteroatoms. The third-order valence-corrected chi connectivity index (χ3v) is 0. The van der Waals surface area contributed by atoms with Gasteiger partial charge in [0, 0.05) is 0 Å². The van der Waals surface area contributed by atoms with Crippen LogP contribution in [0, 0.1) is 5.21 Å². The molecule has 0 aromatic carbocycles. The Bertz CT molecular complexity index is 22.8. The Morgan fingerprint density at radius 3 is 1.67 bits per heavy atom. The van der Waals surface area contributed by atoms with E-state index in [1.807, 2.05) is 14.1 Å². The molecular formula is C3H10N2O. The molecule has 0 aliphatic heterocycles. The zero-order chi connectivity index (χ0) is 5.41. The van der Waals surface area contributed by atoms with Crippen molar-refractivity contribution in [3.05, 3.63) is 5.21 Å². The highest BCUT2D eigenvalue weighted by Crippen LogP contribution is 0.981. The average Bonchev–Trinajstić information content (AvgIpc) is 1.39. The molecule has 0 heterocycles. The first-order valence-corrected chi connectivity index (χ1v) is 1.56. The first-order valence-electron chi connectivity index (χ1n) is 1.56. The Kier molecular flexibility index (Phi) is 38.5. The van der Waals surface area contributed by atoms with Crippen molar-refractivity contribution in [2.24, 2.45) is 0 Å². The molecule has 6 heavy (non-hydrogen) atoms. The third kappa shape index (κ3) is 62.3. The standard InChI is InChI=1S/C2H7N.CH3NO/c1-3-2;1-2-3/h3H,1-2H3;2H,1H2. The fraction of sp³-hybridized carbons (Fsp3) is 0.667. The molecule has 0 atom stereocenters. The van der Waals surface area contributed by atoms with Crippen molar-refractivity contribution in [3.63, 3.8) is 0 Å². The summed E-state index contributed by atoms with van der Waals surface area (Å²) in [6.45, 7) is 2.68. The van der Waals surface area contributed by atoms with Crippen LogP contribution in [-0.4, -0.2) is 20.8 Å². The Hall–Kier alpha value is -0.570. The van der Waals surface area contributed by atoms with Crippen LogP contribution >= 0.6 is 0 Å². The summed E-state index contributed by atoms with van der Waals surface area (Å²) in [5.41, 5.74) is 0. The normalized spacial score (nSPS) is 5.00. The molecule has 0 aromatic heterocycles. The van der Waals surface area contributed by atoms with E-state index in [0.29, 0.717) is 0 Å². The number of hydrogen-bond acceptors (Lipinski definition) is 2. The summed E-state index contributed by atoms with van der Waals surface area (Å²) in [4.78, 5) is 0. The van der Waals surface area contributed by atoms with Gasteiger partial charge in [0.2, 0.25) is 0 Å². The van der Waals surface area contributed by atoms with Gasteiger partial charge in [-0.2, -0.15) is 0 Å². The maximum absolute atomic E-state index is 8.57. The van der Waals surface area contributed by atoms with Crippen LogP contribution in [0.5, 0.6) is 0 Å². The minimum atomic E-state index is 1.25. The van der Waals surface area contributed by atoms with Gasteiger partial charge in [0.15, 0.2) is 0 Å². The van der Waals surface area contributed by atoms with Gasteiger partial charge in [-0.3, -0.25) is 0 Å². The highest BCUT2D eigenvalue weighted by molar-refractivity contribution is 5.12. The lowest BCUT2D eigenvalue weighted by Gasteiger charge is -1.59. The molecule has 0 fully saturated rings. The molecule has 0 saturated carbocycles. The second-order valence-corrected chi connectivity index (χ2v) is 0.644. The Morgan fingerprint density at radius 1 is 1.67 bits per heavy atom. The molecule has 0 aromatic rings. The maximum Gasteiger partial charge on any atom is 0.136 e. The van der Waals surface area contributed by atoms with E-state index < -0.39 is 0 Å². The predicted octanol–water partition coefficient (Wildman–Crippen LogP) is -1.90. The monoisotopic (exact) mass is 90.1 g/mol. The lowest BCUT2D eigenvalue weighted by atomic mass is 11.3. The first-order chi connectivity index (χ1) is 2.83. The molecular weight excluding hydrogens is 80.0 g/mol. The average molecular weight is 90.1 g/mol. The molecule has 3 nitrogen and oxygen atoms in total. The lowest BCUT2D eigenvalue weighted by Crippen LogP contribution is -2.56. The van der Waals surface area contributed by atoms with E-state index in [4.69, 9.17) is 5.21 Å². The van der Waals surface area contributed by atoms with Crippen molar-refractivity contribution < 1.29 is 5.16 Å². The van der Waals surface area contributed by atoms with Crippen molar-refractivity contribution in [3.8, 4) is 0 Å². The van der Waals surface area contributed by atoms with Crippen LogP contribution in [0.1, 0.15) is 0 Å². The second kappa shape index (κ2) is 25.5. The zero-order valence-corrected chi connectivity index (χ0v) is 4.12. The van der Waals surface area contributed by atoms with Crippen LogP contribution in [0.4, 0.5) is 0 Å². The molecule has 0 amide bonds. The Balaban J connectivity index is 0. The largest absolute Gasteiger partial charge is 0.626 e. The Morgan fingerprint density at radius 2 is 1.67 bits per heavy atom. The molecule has 38 valence electrons. The van der Waals surface area contributed by atoms with Crippen LogP contribution in [-0.2, 0) is 0 Å². The van der Waals surface area contributed by atoms with E-state index in [2.05, 4.69) is 12.0 Å². The van der Waals surface area contributed by atoms with Gasteiger partial charge >= 0.3 is 0 Å². The summed E-state index contributed by atoms with van der Waals surface area (Å²) in [5, 5.41) is 12.6. The molecule has 0 bridgehead atoms. The summed E-state index contributed by atoms with van der Waals surface area (Å²) in [6.07, 6.45) is 0. The second-order valence-electron chi connectivity index (χ2n) is 0.644. The SMILES string of the molecule is C=[NH+][O-].CNC. The highest BCUT2D eigenvalue weighted by atomic mass is 16.4. The van der Waals surface area contributed by atoms with Gasteiger partial charge in [0.05, 0.1) is 0 Å². The molecule has 0 aliphatic carbocycles. The predicted molar refractivity (Wildman–Crippen MR) is 26.4 cm³/mol. The fourth-order valence-electron chi connectivity index (χ4n) is 0. The summed E-state index contributed by atoms with van der Waals surface area (Å²) in [7, 11) is 3.75. The van der Waals surface area contributed by atoms with Crippen molar-refractivity contribution in [1.82, 2.24) is 5.32 Å². The zero-order valence-electron chi connectivity index (χ0n) is 4.12. The molecule has 0 spiro atoms. The summed E-state index contributed by atoms with van der Waals surface area (Å²) >= 11 is 0. The Labute approximate surface area is 37.7 Å². The van der Waals surface area contributed by atoms with E-state index in [-0.39, 0.29) is 0 Å². The van der Waals surface area contributed by atoms with Gasteiger partial charge < -0.3 is 10.5 Å². The quantitative estimate of drug-likeness (QED) is 0.207. The van der Waals surface area contributed by atoms with Gasteiger partial charge in [0.25, 0.3) is 0 Å². The number of rotatable bonds is 0. The fourth-order valence-corrected chi connectivity index (χ4v) is 0. The van der Waals surface area contributed by atoms with Gasteiger partial charge in [-0.15, -0.1) is 0 Å². The van der Waals surface area contributed by atoms with Gasteiger partial charge in [-0.25, -0.2) is 5.16 Å². The van der Waals surface area contributed by atoms with E-state index in [1.165, 1.54) is 5.16 Å². The molecule has 0 unspecified atom stereocenters. The summed E-state index contributed by atoms with van der Waals surface area (Å²) in [5.74, 6) is 0. The summed E-state index contributed by atoms with van der Waals surface area (Å²) < 4.78 is 0. The number of nitrogens with one attached hydrogen (secondary N) is 2. The van der Waals surface area contributed by atoms with Crippen molar-refractivity contribution in [1.29, 1.82) is 0 Å². The molecule has 2 N–H and O–H groups in total. The topological polar surface area (TPSA) is 49.1 Å². The minimum Gasteiger partial charge on any atom is -0.626 e. The van der Waals surface area contributed by atoms with E-state index >= 15 is 0 Å². The smallest absolute Gasteiger partial charge is 0.136 e. The van der Waals surface area contributed by atoms with Crippen LogP contribution in [0.3, 0.4) is 0 Å². The highest BCUT2D eigenvalue weighted by Gasteiger charge is 1.25. The van der Waals surface area contributed by atoms with Crippen LogP contribution in [0.2, 0.25) is 0 Å². The minimum absolute atomic E-state index is 1.25. The molecule has 0 radical (unpaired) electrons. The van der Waals surface area contributed by atoms with E-state index in [0.717, 1.165) is 0 Å². The van der Waals surface area contributed by atoms with Crippen molar-refractivity contribution >= 4 is 6.72 Å². The van der Waals surface area contributed by atoms with Gasteiger partial charge in [0.1, 0.15) is 6.72 Å². The van der Waals surface area contributed by atoms with Gasteiger partial charge in [-0.1, -0.05) is 0 Å². The third-order valence-electron chi connectivity index (χ3n) is 0. The summed E-state index contributed by atoms with van der Waals surface area (Å²) in [6, 6.07) is 0. The first kappa shape index (κ1) is 9.06. The van der Waals surface area contributed by atoms with Crippen LogP contribution < -0.4 is 10.5 Å². The number of hydrogen-bond donors (Lipinski definition) is 2. The maximum atomic E-state index is 8.57. The molecule has 0 rings (SSSR count). The molecule has 0 saturated heterocycles. The van der Waals surface area contributed by atoms with Crippen LogP contribution in [0.25, 0.3) is 0 Å². The van der Waals surface area contributed by atoms with E-state index in [9.17, 15) is 0 Å². The molecule has 0 aliphatic rings. The van der Waals surface area contributed by atoms with Crippen molar-refractivity contribution in [2.45, 2.75) is 0 Å². The lowest BCUT2D eigenvalue weighted by molar-refractivity contribution is -0.361. The van der Waals surface area contributed by atoms with Gasteiger partial charge in [-0.05, 0) is 14.1 Å². The van der Waals surface area contributed by atoms with Crippen LogP contribution in [0.15, 0.2) is 0 Å².